The number of carboxylic acid groups (broad SMARTS) is 1. The van der Waals surface area contributed by atoms with E-state index >= 15 is 0 Å². The highest BCUT2D eigenvalue weighted by Crippen LogP contribution is 2.57. The van der Waals surface area contributed by atoms with Crippen molar-refractivity contribution in [2.45, 2.75) is 50.2 Å². The number of hydrogen-bond donors (Lipinski definition) is 2. The van der Waals surface area contributed by atoms with Gasteiger partial charge in [-0.1, -0.05) is 0 Å². The van der Waals surface area contributed by atoms with Crippen molar-refractivity contribution in [1.82, 2.24) is 4.90 Å². The van der Waals surface area contributed by atoms with Crippen molar-refractivity contribution in [2.75, 3.05) is 13.6 Å². The molecule has 0 spiro atoms. The van der Waals surface area contributed by atoms with Crippen LogP contribution in [0.1, 0.15) is 38.5 Å². The van der Waals surface area contributed by atoms with Gasteiger partial charge >= 0.3 is 5.97 Å². The summed E-state index contributed by atoms with van der Waals surface area (Å²) in [7, 11) is 2.00. The highest BCUT2D eigenvalue weighted by atomic mass is 16.4. The molecule has 2 N–H and O–H groups in total. The summed E-state index contributed by atoms with van der Waals surface area (Å²) in [4.78, 5) is 12.9. The minimum Gasteiger partial charge on any atom is -0.479 e. The Bertz CT molecular complexity index is 320. The predicted molar refractivity (Wildman–Crippen MR) is 67.2 cm³/mol. The van der Waals surface area contributed by atoms with Crippen molar-refractivity contribution in [2.24, 2.45) is 17.8 Å². The van der Waals surface area contributed by atoms with E-state index in [9.17, 15) is 9.90 Å². The minimum atomic E-state index is -1.25. The maximum atomic E-state index is 10.8. The molecule has 4 aliphatic carbocycles. The molecule has 0 heterocycles. The molecule has 4 aliphatic rings. The molecule has 0 aliphatic heterocycles. The van der Waals surface area contributed by atoms with E-state index in [1.807, 2.05) is 7.05 Å². The summed E-state index contributed by atoms with van der Waals surface area (Å²) < 4.78 is 0. The lowest BCUT2D eigenvalue weighted by atomic mass is 9.52. The molecule has 0 aromatic carbocycles. The van der Waals surface area contributed by atoms with Crippen LogP contribution in [0.15, 0.2) is 0 Å². The van der Waals surface area contributed by atoms with Gasteiger partial charge in [-0.05, 0) is 63.3 Å². The smallest absolute Gasteiger partial charge is 0.333 e. The Kier molecular flexibility index (Phi) is 2.90. The first-order valence-electron chi connectivity index (χ1n) is 7.10. The Morgan fingerprint density at radius 2 is 1.67 bits per heavy atom. The highest BCUT2D eigenvalue weighted by molar-refractivity contribution is 5.72. The van der Waals surface area contributed by atoms with Crippen LogP contribution in [-0.2, 0) is 4.79 Å². The van der Waals surface area contributed by atoms with Crippen LogP contribution in [0.5, 0.6) is 0 Å². The monoisotopic (exact) mass is 253 g/mol. The molecule has 0 amide bonds. The van der Waals surface area contributed by atoms with Gasteiger partial charge in [0.15, 0.2) is 6.10 Å². The van der Waals surface area contributed by atoms with Gasteiger partial charge in [-0.2, -0.15) is 0 Å². The number of aliphatic hydroxyl groups excluding tert-OH is 1. The second kappa shape index (κ2) is 4.20. The van der Waals surface area contributed by atoms with Crippen LogP contribution in [-0.4, -0.2) is 46.3 Å². The molecule has 0 aromatic rings. The number of aliphatic hydroxyl groups is 1. The highest BCUT2D eigenvalue weighted by Gasteiger charge is 2.52. The zero-order valence-electron chi connectivity index (χ0n) is 11.0. The SMILES string of the molecule is CN(CC(O)C(=O)O)C12CC3CC(CC(C3)C1)C2. The topological polar surface area (TPSA) is 60.8 Å². The summed E-state index contributed by atoms with van der Waals surface area (Å²) in [6.07, 6.45) is 6.53. The first-order chi connectivity index (χ1) is 8.48. The van der Waals surface area contributed by atoms with Crippen LogP contribution in [0.25, 0.3) is 0 Å². The third-order valence-electron chi connectivity index (χ3n) is 5.55. The zero-order valence-corrected chi connectivity index (χ0v) is 11.0. The quantitative estimate of drug-likeness (QED) is 0.793. The van der Waals surface area contributed by atoms with Gasteiger partial charge in [0.1, 0.15) is 0 Å². The lowest BCUT2D eigenvalue weighted by molar-refractivity contribution is -0.150. The molecule has 4 rings (SSSR count). The number of aliphatic carboxylic acids is 1. The van der Waals surface area contributed by atoms with Crippen LogP contribution >= 0.6 is 0 Å². The third-order valence-corrected chi connectivity index (χ3v) is 5.55. The molecule has 4 bridgehead atoms. The maximum absolute atomic E-state index is 10.8. The van der Waals surface area contributed by atoms with Gasteiger partial charge in [0.05, 0.1) is 0 Å². The Morgan fingerprint density at radius 1 is 1.22 bits per heavy atom. The van der Waals surface area contributed by atoms with Crippen LogP contribution in [0.3, 0.4) is 0 Å². The maximum Gasteiger partial charge on any atom is 0.333 e. The van der Waals surface area contributed by atoms with Gasteiger partial charge in [0, 0.05) is 12.1 Å². The number of carbonyl (C=O) groups is 1. The van der Waals surface area contributed by atoms with Gasteiger partial charge in [0.2, 0.25) is 0 Å². The molecule has 4 nitrogen and oxygen atoms in total. The number of carboxylic acids is 1. The molecule has 4 saturated carbocycles. The van der Waals surface area contributed by atoms with E-state index in [2.05, 4.69) is 4.90 Å². The molecular formula is C14H23NO3. The largest absolute Gasteiger partial charge is 0.479 e. The van der Waals surface area contributed by atoms with Crippen LogP contribution < -0.4 is 0 Å². The van der Waals surface area contributed by atoms with Crippen molar-refractivity contribution in [3.63, 3.8) is 0 Å². The van der Waals surface area contributed by atoms with Crippen LogP contribution in [0.4, 0.5) is 0 Å². The lowest BCUT2D eigenvalue weighted by Crippen LogP contribution is -2.60. The number of hydrogen-bond acceptors (Lipinski definition) is 3. The van der Waals surface area contributed by atoms with Crippen molar-refractivity contribution < 1.29 is 15.0 Å². The summed E-state index contributed by atoms with van der Waals surface area (Å²) in [5, 5.41) is 18.4. The average molecular weight is 253 g/mol. The molecule has 18 heavy (non-hydrogen) atoms. The van der Waals surface area contributed by atoms with Crippen molar-refractivity contribution >= 4 is 5.97 Å². The summed E-state index contributed by atoms with van der Waals surface area (Å²) in [5.41, 5.74) is 0.186. The van der Waals surface area contributed by atoms with Crippen molar-refractivity contribution in [1.29, 1.82) is 0 Å². The number of nitrogens with zero attached hydrogens (tertiary/aromatic N) is 1. The van der Waals surface area contributed by atoms with Gasteiger partial charge in [0.25, 0.3) is 0 Å². The Morgan fingerprint density at radius 3 is 2.06 bits per heavy atom. The Labute approximate surface area is 108 Å². The van der Waals surface area contributed by atoms with E-state index in [0.717, 1.165) is 17.8 Å². The summed E-state index contributed by atoms with van der Waals surface area (Å²) in [6, 6.07) is 0. The Balaban J connectivity index is 1.72. The van der Waals surface area contributed by atoms with Crippen molar-refractivity contribution in [3.05, 3.63) is 0 Å². The molecule has 1 atom stereocenters. The molecule has 0 radical (unpaired) electrons. The lowest BCUT2D eigenvalue weighted by Gasteiger charge is -2.60. The van der Waals surface area contributed by atoms with Crippen LogP contribution in [0, 0.1) is 17.8 Å². The standard InChI is InChI=1S/C14H23NO3/c1-15(8-12(16)13(17)18)14-5-9-2-10(6-14)4-11(3-9)7-14/h9-12,16H,2-8H2,1H3,(H,17,18). The fraction of sp³-hybridized carbons (Fsp3) is 0.929. The molecule has 4 heteroatoms. The number of rotatable bonds is 4. The zero-order chi connectivity index (χ0) is 12.9. The predicted octanol–water partition coefficient (Wildman–Crippen LogP) is 1.33. The third kappa shape index (κ3) is 1.95. The van der Waals surface area contributed by atoms with Gasteiger partial charge in [-0.15, -0.1) is 0 Å². The van der Waals surface area contributed by atoms with E-state index in [1.165, 1.54) is 38.5 Å². The van der Waals surface area contributed by atoms with E-state index < -0.39 is 12.1 Å². The molecule has 0 saturated heterocycles. The van der Waals surface area contributed by atoms with E-state index in [1.54, 1.807) is 0 Å². The minimum absolute atomic E-state index is 0.186. The summed E-state index contributed by atoms with van der Waals surface area (Å²) >= 11 is 0. The second-order valence-electron chi connectivity index (χ2n) is 6.88. The summed E-state index contributed by atoms with van der Waals surface area (Å²) in [6.45, 7) is 0.265. The molecule has 0 aromatic heterocycles. The van der Waals surface area contributed by atoms with E-state index in [0.29, 0.717) is 0 Å². The molecule has 102 valence electrons. The van der Waals surface area contributed by atoms with Crippen LogP contribution in [0.2, 0.25) is 0 Å². The fourth-order valence-electron chi connectivity index (χ4n) is 5.06. The van der Waals surface area contributed by atoms with Gasteiger partial charge < -0.3 is 10.2 Å². The van der Waals surface area contributed by atoms with E-state index in [4.69, 9.17) is 5.11 Å². The average Bonchev–Trinajstić information content (AvgIpc) is 2.26. The second-order valence-corrected chi connectivity index (χ2v) is 6.88. The van der Waals surface area contributed by atoms with Gasteiger partial charge in [-0.25, -0.2) is 4.79 Å². The first kappa shape index (κ1) is 12.4. The Hall–Kier alpha value is -0.610. The van der Waals surface area contributed by atoms with Gasteiger partial charge in [-0.3, -0.25) is 4.90 Å². The van der Waals surface area contributed by atoms with E-state index in [-0.39, 0.29) is 12.1 Å². The first-order valence-corrected chi connectivity index (χ1v) is 7.10. The fourth-order valence-corrected chi connectivity index (χ4v) is 5.06. The molecule has 1 unspecified atom stereocenters. The summed E-state index contributed by atoms with van der Waals surface area (Å²) in [5.74, 6) is 1.44. The number of likely N-dealkylation sites (N-methyl/N-ethyl adjacent to an activating group) is 1. The normalized spacial score (nSPS) is 43.4. The molecular weight excluding hydrogens is 230 g/mol. The molecule has 4 fully saturated rings. The van der Waals surface area contributed by atoms with Crippen molar-refractivity contribution in [3.8, 4) is 0 Å². The number of β-amino-alcohol motifs (C(OH)–C–C–N with tert-alkyl or cyclic N) is 1.